The molecule has 1 N–H and O–H groups in total. The Labute approximate surface area is 141 Å². The zero-order chi connectivity index (χ0) is 16.3. The summed E-state index contributed by atoms with van der Waals surface area (Å²) in [5.41, 5.74) is 3.18. The lowest BCUT2D eigenvalue weighted by Gasteiger charge is -2.06. The number of halogens is 1. The summed E-state index contributed by atoms with van der Waals surface area (Å²) < 4.78 is 5.14. The molecule has 0 bridgehead atoms. The number of carbonyl (C=O) groups excluding carboxylic acids is 1. The lowest BCUT2D eigenvalue weighted by molar-refractivity contribution is 0.140. The number of hydrogen-bond acceptors (Lipinski definition) is 2. The average molecular weight is 330 g/mol. The SMILES string of the molecule is O=C(NCCC=Cc1ccccc1CCl)OCc1ccccc1. The molecule has 4 heteroatoms. The Morgan fingerprint density at radius 2 is 1.83 bits per heavy atom. The van der Waals surface area contributed by atoms with E-state index in [1.807, 2.05) is 66.7 Å². The van der Waals surface area contributed by atoms with Crippen molar-refractivity contribution in [2.75, 3.05) is 6.54 Å². The van der Waals surface area contributed by atoms with Crippen LogP contribution in [0, 0.1) is 0 Å². The number of hydrogen-bond donors (Lipinski definition) is 1. The Balaban J connectivity index is 1.66. The van der Waals surface area contributed by atoms with Gasteiger partial charge in [-0.15, -0.1) is 11.6 Å². The van der Waals surface area contributed by atoms with Crippen molar-refractivity contribution in [2.24, 2.45) is 0 Å². The minimum atomic E-state index is -0.400. The number of benzene rings is 2. The number of rotatable bonds is 7. The van der Waals surface area contributed by atoms with Crippen LogP contribution in [0.15, 0.2) is 60.7 Å². The molecule has 2 aromatic carbocycles. The summed E-state index contributed by atoms with van der Waals surface area (Å²) in [7, 11) is 0. The summed E-state index contributed by atoms with van der Waals surface area (Å²) in [6.45, 7) is 0.818. The van der Waals surface area contributed by atoms with Gasteiger partial charge >= 0.3 is 6.09 Å². The van der Waals surface area contributed by atoms with Gasteiger partial charge in [-0.3, -0.25) is 0 Å². The molecular weight excluding hydrogens is 310 g/mol. The second-order valence-corrected chi connectivity index (χ2v) is 5.28. The first kappa shape index (κ1) is 17.1. The van der Waals surface area contributed by atoms with E-state index in [2.05, 4.69) is 5.32 Å². The molecule has 0 aromatic heterocycles. The van der Waals surface area contributed by atoms with Crippen molar-refractivity contribution in [3.05, 3.63) is 77.4 Å². The summed E-state index contributed by atoms with van der Waals surface area (Å²) in [4.78, 5) is 11.6. The van der Waals surface area contributed by atoms with Gasteiger partial charge in [-0.2, -0.15) is 0 Å². The zero-order valence-electron chi connectivity index (χ0n) is 12.9. The predicted octanol–water partition coefficient (Wildman–Crippen LogP) is 4.76. The highest BCUT2D eigenvalue weighted by molar-refractivity contribution is 6.17. The molecular formula is C19H20ClNO2. The van der Waals surface area contributed by atoms with E-state index in [4.69, 9.17) is 16.3 Å². The van der Waals surface area contributed by atoms with E-state index in [-0.39, 0.29) is 6.61 Å². The van der Waals surface area contributed by atoms with Crippen LogP contribution in [0.5, 0.6) is 0 Å². The first-order chi connectivity index (χ1) is 11.3. The highest BCUT2D eigenvalue weighted by Crippen LogP contribution is 2.13. The number of carbonyl (C=O) groups is 1. The number of alkyl carbamates (subject to hydrolysis) is 1. The summed E-state index contributed by atoms with van der Waals surface area (Å²) in [5, 5.41) is 2.73. The first-order valence-corrected chi connectivity index (χ1v) is 8.08. The van der Waals surface area contributed by atoms with Gasteiger partial charge in [-0.05, 0) is 23.1 Å². The zero-order valence-corrected chi connectivity index (χ0v) is 13.6. The van der Waals surface area contributed by atoms with Crippen molar-refractivity contribution in [3.8, 4) is 0 Å². The van der Waals surface area contributed by atoms with E-state index in [1.54, 1.807) is 0 Å². The molecule has 3 nitrogen and oxygen atoms in total. The molecule has 0 saturated heterocycles. The van der Waals surface area contributed by atoms with E-state index in [9.17, 15) is 4.79 Å². The molecule has 0 spiro atoms. The highest BCUT2D eigenvalue weighted by Gasteiger charge is 2.01. The fraction of sp³-hybridized carbons (Fsp3) is 0.211. The van der Waals surface area contributed by atoms with Gasteiger partial charge in [0.1, 0.15) is 6.61 Å². The smallest absolute Gasteiger partial charge is 0.407 e. The summed E-state index contributed by atoms with van der Waals surface area (Å²) in [6, 6.07) is 17.6. The van der Waals surface area contributed by atoms with Gasteiger partial charge in [0.25, 0.3) is 0 Å². The standard InChI is InChI=1S/C19H20ClNO2/c20-14-18-12-5-4-10-17(18)11-6-7-13-21-19(22)23-15-16-8-2-1-3-9-16/h1-6,8-12H,7,13-15H2,(H,21,22). The minimum Gasteiger partial charge on any atom is -0.445 e. The van der Waals surface area contributed by atoms with Crippen LogP contribution in [-0.4, -0.2) is 12.6 Å². The molecule has 0 fully saturated rings. The van der Waals surface area contributed by atoms with Gasteiger partial charge in [0, 0.05) is 12.4 Å². The molecule has 0 aliphatic heterocycles. The van der Waals surface area contributed by atoms with Gasteiger partial charge in [0.2, 0.25) is 0 Å². The van der Waals surface area contributed by atoms with Gasteiger partial charge in [0.15, 0.2) is 0 Å². The topological polar surface area (TPSA) is 38.3 Å². The van der Waals surface area contributed by atoms with Gasteiger partial charge < -0.3 is 10.1 Å². The molecule has 0 saturated carbocycles. The van der Waals surface area contributed by atoms with Crippen molar-refractivity contribution >= 4 is 23.8 Å². The van der Waals surface area contributed by atoms with Gasteiger partial charge in [-0.1, -0.05) is 66.7 Å². The van der Waals surface area contributed by atoms with Crippen molar-refractivity contribution in [1.82, 2.24) is 5.32 Å². The Hall–Kier alpha value is -2.26. The largest absolute Gasteiger partial charge is 0.445 e. The molecule has 2 rings (SSSR count). The third-order valence-corrected chi connectivity index (χ3v) is 3.58. The maximum atomic E-state index is 11.6. The van der Waals surface area contributed by atoms with Crippen molar-refractivity contribution in [2.45, 2.75) is 18.9 Å². The fourth-order valence-electron chi connectivity index (χ4n) is 2.06. The van der Waals surface area contributed by atoms with E-state index in [0.717, 1.165) is 23.1 Å². The third kappa shape index (κ3) is 6.17. The molecule has 0 aliphatic carbocycles. The summed E-state index contributed by atoms with van der Waals surface area (Å²) in [5.74, 6) is 0.491. The van der Waals surface area contributed by atoms with Crippen LogP contribution in [0.4, 0.5) is 4.79 Å². The molecule has 1 amide bonds. The normalized spacial score (nSPS) is 10.7. The summed E-state index contributed by atoms with van der Waals surface area (Å²) >= 11 is 5.89. The third-order valence-electron chi connectivity index (χ3n) is 3.29. The monoisotopic (exact) mass is 329 g/mol. The molecule has 0 heterocycles. The Morgan fingerprint density at radius 3 is 2.61 bits per heavy atom. The Bertz CT molecular complexity index is 641. The van der Waals surface area contributed by atoms with Crippen LogP contribution in [0.3, 0.4) is 0 Å². The van der Waals surface area contributed by atoms with E-state index in [0.29, 0.717) is 12.4 Å². The van der Waals surface area contributed by atoms with Gasteiger partial charge in [0.05, 0.1) is 0 Å². The Morgan fingerprint density at radius 1 is 1.09 bits per heavy atom. The van der Waals surface area contributed by atoms with Crippen LogP contribution >= 0.6 is 11.6 Å². The van der Waals surface area contributed by atoms with E-state index in [1.165, 1.54) is 0 Å². The number of ether oxygens (including phenoxy) is 1. The fourth-order valence-corrected chi connectivity index (χ4v) is 2.30. The maximum Gasteiger partial charge on any atom is 0.407 e. The van der Waals surface area contributed by atoms with Crippen LogP contribution in [-0.2, 0) is 17.2 Å². The maximum absolute atomic E-state index is 11.6. The van der Waals surface area contributed by atoms with Gasteiger partial charge in [-0.25, -0.2) is 4.79 Å². The van der Waals surface area contributed by atoms with Crippen LogP contribution in [0.25, 0.3) is 6.08 Å². The quantitative estimate of drug-likeness (QED) is 0.587. The second-order valence-electron chi connectivity index (χ2n) is 5.01. The lowest BCUT2D eigenvalue weighted by Crippen LogP contribution is -2.24. The minimum absolute atomic E-state index is 0.283. The average Bonchev–Trinajstić information content (AvgIpc) is 2.61. The van der Waals surface area contributed by atoms with E-state index < -0.39 is 6.09 Å². The molecule has 2 aromatic rings. The predicted molar refractivity (Wildman–Crippen MR) is 94.3 cm³/mol. The Kier molecular flexibility index (Phi) is 7.21. The molecule has 0 radical (unpaired) electrons. The second kappa shape index (κ2) is 9.70. The molecule has 0 aliphatic rings. The number of amides is 1. The van der Waals surface area contributed by atoms with Crippen LogP contribution in [0.1, 0.15) is 23.1 Å². The highest BCUT2D eigenvalue weighted by atomic mass is 35.5. The molecule has 0 unspecified atom stereocenters. The van der Waals surface area contributed by atoms with Crippen LogP contribution in [0.2, 0.25) is 0 Å². The van der Waals surface area contributed by atoms with Crippen molar-refractivity contribution < 1.29 is 9.53 Å². The van der Waals surface area contributed by atoms with Crippen molar-refractivity contribution in [1.29, 1.82) is 0 Å². The number of nitrogens with one attached hydrogen (secondary N) is 1. The van der Waals surface area contributed by atoms with E-state index >= 15 is 0 Å². The number of alkyl halides is 1. The molecule has 120 valence electrons. The summed E-state index contributed by atoms with van der Waals surface area (Å²) in [6.07, 6.45) is 4.37. The molecule has 0 atom stereocenters. The molecule has 23 heavy (non-hydrogen) atoms. The van der Waals surface area contributed by atoms with Crippen LogP contribution < -0.4 is 5.32 Å². The lowest BCUT2D eigenvalue weighted by atomic mass is 10.1. The van der Waals surface area contributed by atoms with Crippen molar-refractivity contribution in [3.63, 3.8) is 0 Å². The first-order valence-electron chi connectivity index (χ1n) is 7.54.